The summed E-state index contributed by atoms with van der Waals surface area (Å²) in [6.45, 7) is 14.4. The first-order valence-electron chi connectivity index (χ1n) is 12.2. The lowest BCUT2D eigenvalue weighted by Gasteiger charge is -2.32. The summed E-state index contributed by atoms with van der Waals surface area (Å²) in [4.78, 5) is 32.8. The van der Waals surface area contributed by atoms with E-state index in [1.54, 1.807) is 17.8 Å². The Labute approximate surface area is 215 Å². The van der Waals surface area contributed by atoms with E-state index < -0.39 is 5.41 Å². The summed E-state index contributed by atoms with van der Waals surface area (Å²) in [5.74, 6) is -0.283. The maximum atomic E-state index is 13.9. The number of hydrogen-bond acceptors (Lipinski definition) is 4. The van der Waals surface area contributed by atoms with E-state index in [1.807, 2.05) is 46.8 Å². The summed E-state index contributed by atoms with van der Waals surface area (Å²) >= 11 is 1.44. The van der Waals surface area contributed by atoms with E-state index in [4.69, 9.17) is 0 Å². The molecule has 5 nitrogen and oxygen atoms in total. The van der Waals surface area contributed by atoms with Gasteiger partial charge in [-0.2, -0.15) is 0 Å². The number of nitrogens with zero attached hydrogens (tertiary/aromatic N) is 1. The molecular weight excluding hydrogens is 454 g/mol. The van der Waals surface area contributed by atoms with Gasteiger partial charge in [0, 0.05) is 31.9 Å². The first-order valence-corrected chi connectivity index (χ1v) is 13.0. The van der Waals surface area contributed by atoms with Gasteiger partial charge in [-0.1, -0.05) is 56.4 Å². The second-order valence-corrected chi connectivity index (χ2v) is 10.4. The van der Waals surface area contributed by atoms with Gasteiger partial charge in [0.25, 0.3) is 0 Å². The third-order valence-electron chi connectivity index (χ3n) is 5.90. The van der Waals surface area contributed by atoms with Crippen LogP contribution in [-0.2, 0) is 22.6 Å². The number of aliphatic imine (C=N–C) groups is 1. The van der Waals surface area contributed by atoms with E-state index >= 15 is 0 Å². The fraction of sp³-hybridized carbons (Fsp3) is 0.414. The van der Waals surface area contributed by atoms with Crippen molar-refractivity contribution in [3.05, 3.63) is 75.7 Å². The first kappa shape index (κ1) is 28.4. The predicted molar refractivity (Wildman–Crippen MR) is 150 cm³/mol. The Bertz CT molecular complexity index is 1040. The zero-order chi connectivity index (χ0) is 25.8. The molecule has 1 aliphatic carbocycles. The van der Waals surface area contributed by atoms with Gasteiger partial charge in [-0.25, -0.2) is 0 Å². The summed E-state index contributed by atoms with van der Waals surface area (Å²) in [6, 6.07) is 6.25. The van der Waals surface area contributed by atoms with E-state index in [0.29, 0.717) is 13.1 Å². The lowest BCUT2D eigenvalue weighted by atomic mass is 9.76. The number of amides is 2. The molecule has 2 amide bonds. The molecule has 0 aliphatic heterocycles. The lowest BCUT2D eigenvalue weighted by molar-refractivity contribution is -0.143. The number of rotatable bonds is 13. The molecule has 0 heterocycles. The molecule has 0 spiro atoms. The zero-order valence-electron chi connectivity index (χ0n) is 21.7. The fourth-order valence-electron chi connectivity index (χ4n) is 4.05. The Balaban J connectivity index is 2.42. The summed E-state index contributed by atoms with van der Waals surface area (Å²) in [5, 5.41) is 7.84. The highest BCUT2D eigenvalue weighted by Crippen LogP contribution is 2.38. The van der Waals surface area contributed by atoms with Crippen LogP contribution >= 0.6 is 11.8 Å². The van der Waals surface area contributed by atoms with Crippen LogP contribution in [0.1, 0.15) is 64.2 Å². The van der Waals surface area contributed by atoms with Gasteiger partial charge in [-0.05, 0) is 72.6 Å². The van der Waals surface area contributed by atoms with Crippen molar-refractivity contribution in [3.63, 3.8) is 0 Å². The Hall–Kier alpha value is -2.86. The van der Waals surface area contributed by atoms with Crippen LogP contribution in [0.3, 0.4) is 0 Å². The minimum Gasteiger partial charge on any atom is -0.355 e. The van der Waals surface area contributed by atoms with Crippen molar-refractivity contribution >= 4 is 35.9 Å². The van der Waals surface area contributed by atoms with Crippen LogP contribution in [0.5, 0.6) is 0 Å². The van der Waals surface area contributed by atoms with Crippen molar-refractivity contribution in [2.75, 3.05) is 6.54 Å². The lowest BCUT2D eigenvalue weighted by Crippen LogP contribution is -2.52. The van der Waals surface area contributed by atoms with Gasteiger partial charge in [0.05, 0.1) is 0 Å². The van der Waals surface area contributed by atoms with Gasteiger partial charge in [-0.3, -0.25) is 14.6 Å². The Morgan fingerprint density at radius 1 is 1.20 bits per heavy atom. The monoisotopic (exact) mass is 493 g/mol. The average Bonchev–Trinajstić information content (AvgIpc) is 3.31. The van der Waals surface area contributed by atoms with Crippen LogP contribution in [0.2, 0.25) is 0 Å². The molecule has 1 atom stereocenters. The summed E-state index contributed by atoms with van der Waals surface area (Å²) < 4.78 is 0. The molecule has 188 valence electrons. The number of fused-ring (bicyclic) bond motifs is 1. The van der Waals surface area contributed by atoms with Gasteiger partial charge in [-0.15, -0.1) is 11.8 Å². The van der Waals surface area contributed by atoms with E-state index in [-0.39, 0.29) is 30.6 Å². The standard InChI is InChI=1S/C29H39N3O2S/c1-7-26(35-9-3)17-29(16-22(6)19-30-8-2,27(33)31-18-21(4)5)28(34)32-20-23-13-14-24-11-10-12-25(24)15-23/h7-10,12-15,19,21H,3,11,16-18,20H2,1-2,4-6H3,(H,31,33)(H,32,34)/b22-19+,26-7-,30-8-. The SMILES string of the molecule is C=CS/C(=C\C)CC(C/C(C)=C/N=C\C)(C(=O)NCc1ccc2c(c1)C=CC2)C(=O)NCC(C)C. The molecule has 0 saturated carbocycles. The fourth-order valence-corrected chi connectivity index (χ4v) is 4.73. The molecule has 35 heavy (non-hydrogen) atoms. The topological polar surface area (TPSA) is 70.6 Å². The molecule has 0 fully saturated rings. The maximum Gasteiger partial charge on any atom is 0.236 e. The van der Waals surface area contributed by atoms with Crippen LogP contribution in [0.25, 0.3) is 6.08 Å². The van der Waals surface area contributed by atoms with Crippen LogP contribution in [0.4, 0.5) is 0 Å². The molecule has 0 bridgehead atoms. The minimum absolute atomic E-state index is 0.266. The summed E-state index contributed by atoms with van der Waals surface area (Å²) in [6.07, 6.45) is 11.1. The molecule has 1 aromatic carbocycles. The predicted octanol–water partition coefficient (Wildman–Crippen LogP) is 6.19. The largest absolute Gasteiger partial charge is 0.355 e. The third-order valence-corrected chi connectivity index (χ3v) is 6.75. The molecule has 1 aliphatic rings. The first-order chi connectivity index (χ1) is 16.7. The van der Waals surface area contributed by atoms with Crippen LogP contribution in [0.15, 0.2) is 64.0 Å². The van der Waals surface area contributed by atoms with Gasteiger partial charge in [0.15, 0.2) is 0 Å². The van der Waals surface area contributed by atoms with E-state index in [9.17, 15) is 9.59 Å². The zero-order valence-corrected chi connectivity index (χ0v) is 22.5. The molecule has 1 aromatic rings. The molecule has 6 heteroatoms. The molecule has 1 unspecified atom stereocenters. The second-order valence-electron chi connectivity index (χ2n) is 9.28. The van der Waals surface area contributed by atoms with Gasteiger partial charge < -0.3 is 10.6 Å². The molecule has 0 saturated heterocycles. The number of hydrogen-bond donors (Lipinski definition) is 2. The average molecular weight is 494 g/mol. The summed E-state index contributed by atoms with van der Waals surface area (Å²) in [5.41, 5.74) is 3.04. The number of allylic oxidation sites excluding steroid dienone is 4. The number of nitrogens with one attached hydrogen (secondary N) is 2. The van der Waals surface area contributed by atoms with Gasteiger partial charge in [0.2, 0.25) is 11.8 Å². The van der Waals surface area contributed by atoms with Crippen LogP contribution in [0, 0.1) is 11.3 Å². The molecular formula is C29H39N3O2S. The van der Waals surface area contributed by atoms with Crippen molar-refractivity contribution in [2.24, 2.45) is 16.3 Å². The number of carbonyl (C=O) groups excluding carboxylic acids is 2. The normalized spacial score (nSPS) is 15.3. The smallest absolute Gasteiger partial charge is 0.236 e. The van der Waals surface area contributed by atoms with E-state index in [2.05, 4.69) is 46.5 Å². The van der Waals surface area contributed by atoms with E-state index in [1.165, 1.54) is 22.9 Å². The second kappa shape index (κ2) is 13.9. The quantitative estimate of drug-likeness (QED) is 0.254. The van der Waals surface area contributed by atoms with E-state index in [0.717, 1.165) is 22.5 Å². The van der Waals surface area contributed by atoms with Gasteiger partial charge >= 0.3 is 0 Å². The van der Waals surface area contributed by atoms with Crippen molar-refractivity contribution < 1.29 is 9.59 Å². The van der Waals surface area contributed by atoms with Crippen molar-refractivity contribution in [1.29, 1.82) is 0 Å². The Morgan fingerprint density at radius 3 is 2.60 bits per heavy atom. The van der Waals surface area contributed by atoms with Crippen molar-refractivity contribution in [3.8, 4) is 0 Å². The highest BCUT2D eigenvalue weighted by Gasteiger charge is 2.46. The van der Waals surface area contributed by atoms with Crippen molar-refractivity contribution in [1.82, 2.24) is 10.6 Å². The molecule has 0 aromatic heterocycles. The highest BCUT2D eigenvalue weighted by atomic mass is 32.2. The van der Waals surface area contributed by atoms with Crippen LogP contribution in [-0.4, -0.2) is 24.6 Å². The maximum absolute atomic E-state index is 13.9. The highest BCUT2D eigenvalue weighted by molar-refractivity contribution is 8.05. The Morgan fingerprint density at radius 2 is 1.94 bits per heavy atom. The molecule has 2 N–H and O–H groups in total. The van der Waals surface area contributed by atoms with Crippen molar-refractivity contribution in [2.45, 2.75) is 60.4 Å². The third kappa shape index (κ3) is 8.10. The van der Waals surface area contributed by atoms with Crippen LogP contribution < -0.4 is 10.6 Å². The molecule has 0 radical (unpaired) electrons. The number of carbonyl (C=O) groups is 2. The minimum atomic E-state index is -1.31. The summed E-state index contributed by atoms with van der Waals surface area (Å²) in [7, 11) is 0. The number of thioether (sulfide) groups is 1. The molecule has 2 rings (SSSR count). The van der Waals surface area contributed by atoms with Gasteiger partial charge in [0.1, 0.15) is 5.41 Å². The number of benzene rings is 1. The Kier molecular flexibility index (Phi) is 11.3.